The molecule has 1 atom stereocenters. The third-order valence-corrected chi connectivity index (χ3v) is 3.23. The minimum Gasteiger partial charge on any atom is -0.370 e. The smallest absolute Gasteiger partial charge is 0.236 e. The Kier molecular flexibility index (Phi) is 5.26. The molecule has 1 aliphatic rings. The molecular formula is C15H19FN2O2. The number of nitrogens with zero attached hydrogens (tertiary/aromatic N) is 1. The summed E-state index contributed by atoms with van der Waals surface area (Å²) in [5.74, 6) is -0.228. The molecule has 1 aromatic rings. The van der Waals surface area contributed by atoms with Gasteiger partial charge in [-0.1, -0.05) is 18.2 Å². The summed E-state index contributed by atoms with van der Waals surface area (Å²) >= 11 is 0. The summed E-state index contributed by atoms with van der Waals surface area (Å²) in [7, 11) is 0. The number of halogens is 1. The fourth-order valence-electron chi connectivity index (χ4n) is 2.15. The van der Waals surface area contributed by atoms with Crippen LogP contribution in [0.15, 0.2) is 36.9 Å². The van der Waals surface area contributed by atoms with Crippen molar-refractivity contribution >= 4 is 5.91 Å². The van der Waals surface area contributed by atoms with E-state index in [0.717, 1.165) is 5.56 Å². The molecule has 1 aliphatic heterocycles. The standard InChI is InChI=1S/C15H19FN2O2/c1-2-7-17-10-15(19)18-8-9-20-14(11-18)12-3-5-13(16)6-4-12/h2-6,14,17H,1,7-11H2. The number of nitrogens with one attached hydrogen (secondary N) is 1. The van der Waals surface area contributed by atoms with Gasteiger partial charge < -0.3 is 15.0 Å². The third-order valence-electron chi connectivity index (χ3n) is 3.23. The Bertz CT molecular complexity index is 461. The number of hydrogen-bond donors (Lipinski definition) is 1. The lowest BCUT2D eigenvalue weighted by atomic mass is 10.1. The molecule has 1 unspecified atom stereocenters. The minimum absolute atomic E-state index is 0.0438. The van der Waals surface area contributed by atoms with Gasteiger partial charge in [-0.15, -0.1) is 6.58 Å². The lowest BCUT2D eigenvalue weighted by molar-refractivity contribution is -0.138. The minimum atomic E-state index is -0.272. The lowest BCUT2D eigenvalue weighted by Crippen LogP contribution is -2.45. The van der Waals surface area contributed by atoms with Crippen LogP contribution in [0.3, 0.4) is 0 Å². The van der Waals surface area contributed by atoms with Gasteiger partial charge in [0.25, 0.3) is 0 Å². The summed E-state index contributed by atoms with van der Waals surface area (Å²) in [6.07, 6.45) is 1.53. The van der Waals surface area contributed by atoms with Crippen LogP contribution in [0.2, 0.25) is 0 Å². The van der Waals surface area contributed by atoms with E-state index in [1.54, 1.807) is 23.1 Å². The molecule has 0 spiro atoms. The summed E-state index contributed by atoms with van der Waals surface area (Å²) in [6.45, 7) is 6.08. The van der Waals surface area contributed by atoms with Crippen LogP contribution >= 0.6 is 0 Å². The van der Waals surface area contributed by atoms with Crippen molar-refractivity contribution in [2.75, 3.05) is 32.8 Å². The van der Waals surface area contributed by atoms with E-state index in [9.17, 15) is 9.18 Å². The molecule has 1 aromatic carbocycles. The van der Waals surface area contributed by atoms with Crippen LogP contribution in [0.1, 0.15) is 11.7 Å². The highest BCUT2D eigenvalue weighted by Crippen LogP contribution is 2.22. The van der Waals surface area contributed by atoms with E-state index in [4.69, 9.17) is 4.74 Å². The fourth-order valence-corrected chi connectivity index (χ4v) is 2.15. The van der Waals surface area contributed by atoms with Gasteiger partial charge in [-0.05, 0) is 17.7 Å². The number of carbonyl (C=O) groups excluding carboxylic acids is 1. The molecule has 108 valence electrons. The molecule has 1 fully saturated rings. The van der Waals surface area contributed by atoms with E-state index in [1.165, 1.54) is 12.1 Å². The summed E-state index contributed by atoms with van der Waals surface area (Å²) in [5, 5.41) is 2.99. The van der Waals surface area contributed by atoms with Gasteiger partial charge in [-0.2, -0.15) is 0 Å². The Hall–Kier alpha value is -1.72. The zero-order valence-electron chi connectivity index (χ0n) is 11.3. The normalized spacial score (nSPS) is 18.9. The number of morpholine rings is 1. The molecule has 1 saturated heterocycles. The van der Waals surface area contributed by atoms with E-state index in [2.05, 4.69) is 11.9 Å². The van der Waals surface area contributed by atoms with Crippen molar-refractivity contribution in [3.05, 3.63) is 48.3 Å². The number of rotatable bonds is 5. The quantitative estimate of drug-likeness (QED) is 0.655. The molecule has 0 bridgehead atoms. The summed E-state index contributed by atoms with van der Waals surface area (Å²) < 4.78 is 18.6. The van der Waals surface area contributed by atoms with Crippen LogP contribution in [-0.2, 0) is 9.53 Å². The predicted octanol–water partition coefficient (Wildman–Crippen LogP) is 1.50. The van der Waals surface area contributed by atoms with Gasteiger partial charge in [-0.25, -0.2) is 4.39 Å². The monoisotopic (exact) mass is 278 g/mol. The second kappa shape index (κ2) is 7.17. The molecule has 0 aliphatic carbocycles. The number of ether oxygens (including phenoxy) is 1. The van der Waals surface area contributed by atoms with Crippen molar-refractivity contribution in [3.8, 4) is 0 Å². The highest BCUT2D eigenvalue weighted by atomic mass is 19.1. The topological polar surface area (TPSA) is 41.6 Å². The second-order valence-corrected chi connectivity index (χ2v) is 4.67. The molecule has 4 nitrogen and oxygen atoms in total. The van der Waals surface area contributed by atoms with Crippen molar-refractivity contribution < 1.29 is 13.9 Å². The molecule has 2 rings (SSSR count). The predicted molar refractivity (Wildman–Crippen MR) is 74.7 cm³/mol. The summed E-state index contributed by atoms with van der Waals surface area (Å²) in [6, 6.07) is 6.21. The van der Waals surface area contributed by atoms with Crippen molar-refractivity contribution in [3.63, 3.8) is 0 Å². The van der Waals surface area contributed by atoms with Crippen LogP contribution in [0.5, 0.6) is 0 Å². The van der Waals surface area contributed by atoms with Gasteiger partial charge in [0.2, 0.25) is 5.91 Å². The first-order valence-corrected chi connectivity index (χ1v) is 6.67. The van der Waals surface area contributed by atoms with Gasteiger partial charge in [0.1, 0.15) is 11.9 Å². The second-order valence-electron chi connectivity index (χ2n) is 4.67. The van der Waals surface area contributed by atoms with E-state index < -0.39 is 0 Å². The Morgan fingerprint density at radius 2 is 2.25 bits per heavy atom. The van der Waals surface area contributed by atoms with Gasteiger partial charge in [0.15, 0.2) is 0 Å². The Morgan fingerprint density at radius 3 is 2.95 bits per heavy atom. The average Bonchev–Trinajstić information content (AvgIpc) is 2.48. The van der Waals surface area contributed by atoms with Gasteiger partial charge in [0.05, 0.1) is 19.7 Å². The highest BCUT2D eigenvalue weighted by molar-refractivity contribution is 5.78. The van der Waals surface area contributed by atoms with Crippen LogP contribution in [-0.4, -0.2) is 43.6 Å². The van der Waals surface area contributed by atoms with E-state index in [-0.39, 0.29) is 17.8 Å². The van der Waals surface area contributed by atoms with Gasteiger partial charge >= 0.3 is 0 Å². The zero-order valence-corrected chi connectivity index (χ0v) is 11.3. The highest BCUT2D eigenvalue weighted by Gasteiger charge is 2.24. The van der Waals surface area contributed by atoms with Gasteiger partial charge in [-0.3, -0.25) is 4.79 Å². The molecule has 5 heteroatoms. The first-order valence-electron chi connectivity index (χ1n) is 6.67. The molecule has 0 saturated carbocycles. The number of benzene rings is 1. The summed E-state index contributed by atoms with van der Waals surface area (Å²) in [5.41, 5.74) is 0.892. The summed E-state index contributed by atoms with van der Waals surface area (Å²) in [4.78, 5) is 13.8. The largest absolute Gasteiger partial charge is 0.370 e. The van der Waals surface area contributed by atoms with Crippen molar-refractivity contribution in [2.24, 2.45) is 0 Å². The lowest BCUT2D eigenvalue weighted by Gasteiger charge is -2.33. The molecule has 1 N–H and O–H groups in total. The number of amides is 1. The fraction of sp³-hybridized carbons (Fsp3) is 0.400. The first kappa shape index (κ1) is 14.7. The van der Waals surface area contributed by atoms with E-state index >= 15 is 0 Å². The molecule has 20 heavy (non-hydrogen) atoms. The van der Waals surface area contributed by atoms with Crippen molar-refractivity contribution in [2.45, 2.75) is 6.10 Å². The molecule has 1 heterocycles. The van der Waals surface area contributed by atoms with Crippen LogP contribution in [0.25, 0.3) is 0 Å². The van der Waals surface area contributed by atoms with E-state index in [1.807, 2.05) is 0 Å². The third kappa shape index (κ3) is 3.88. The van der Waals surface area contributed by atoms with E-state index in [0.29, 0.717) is 32.8 Å². The van der Waals surface area contributed by atoms with Crippen LogP contribution < -0.4 is 5.32 Å². The SMILES string of the molecule is C=CCNCC(=O)N1CCOC(c2ccc(F)cc2)C1. The van der Waals surface area contributed by atoms with Gasteiger partial charge in [0, 0.05) is 13.1 Å². The zero-order chi connectivity index (χ0) is 14.4. The van der Waals surface area contributed by atoms with Crippen molar-refractivity contribution in [1.82, 2.24) is 10.2 Å². The Labute approximate surface area is 118 Å². The molecule has 1 amide bonds. The molecule has 0 radical (unpaired) electrons. The number of carbonyl (C=O) groups is 1. The maximum absolute atomic E-state index is 12.9. The molecule has 0 aromatic heterocycles. The maximum atomic E-state index is 12.9. The molecular weight excluding hydrogens is 259 g/mol. The Balaban J connectivity index is 1.92. The van der Waals surface area contributed by atoms with Crippen LogP contribution in [0, 0.1) is 5.82 Å². The average molecular weight is 278 g/mol. The number of hydrogen-bond acceptors (Lipinski definition) is 3. The Morgan fingerprint density at radius 1 is 1.50 bits per heavy atom. The maximum Gasteiger partial charge on any atom is 0.236 e. The van der Waals surface area contributed by atoms with Crippen molar-refractivity contribution in [1.29, 1.82) is 0 Å². The van der Waals surface area contributed by atoms with Crippen LogP contribution in [0.4, 0.5) is 4.39 Å². The first-order chi connectivity index (χ1) is 9.70.